The zero-order valence-corrected chi connectivity index (χ0v) is 16.2. The molecule has 0 unspecified atom stereocenters. The number of hydrogen-bond donors (Lipinski definition) is 2. The molecule has 0 saturated heterocycles. The van der Waals surface area contributed by atoms with E-state index in [1.807, 2.05) is 26.0 Å². The summed E-state index contributed by atoms with van der Waals surface area (Å²) in [5, 5.41) is 15.4. The SMILES string of the molecule is Cc1cc(C)cc(C(=O)N[C@H](CC(C)C)c2nnc3n2CCNCC3)c1. The molecule has 0 bridgehead atoms. The van der Waals surface area contributed by atoms with Crippen LogP contribution in [0.3, 0.4) is 0 Å². The average molecular weight is 355 g/mol. The minimum Gasteiger partial charge on any atom is -0.342 e. The highest BCUT2D eigenvalue weighted by Gasteiger charge is 2.25. The van der Waals surface area contributed by atoms with Crippen LogP contribution in [0.1, 0.15) is 59.4 Å². The maximum Gasteiger partial charge on any atom is 0.251 e. The molecule has 2 aromatic rings. The molecule has 1 aromatic carbocycles. The Morgan fingerprint density at radius 2 is 1.92 bits per heavy atom. The van der Waals surface area contributed by atoms with Crippen LogP contribution in [0.15, 0.2) is 18.2 Å². The van der Waals surface area contributed by atoms with E-state index in [-0.39, 0.29) is 11.9 Å². The van der Waals surface area contributed by atoms with Crippen LogP contribution in [0.25, 0.3) is 0 Å². The number of aryl methyl sites for hydroxylation is 2. The summed E-state index contributed by atoms with van der Waals surface area (Å²) in [5.41, 5.74) is 2.89. The van der Waals surface area contributed by atoms with Crippen molar-refractivity contribution in [3.63, 3.8) is 0 Å². The van der Waals surface area contributed by atoms with Crippen LogP contribution in [0.5, 0.6) is 0 Å². The second kappa shape index (κ2) is 7.99. The van der Waals surface area contributed by atoms with Gasteiger partial charge in [-0.15, -0.1) is 10.2 Å². The number of rotatable bonds is 5. The molecule has 1 amide bonds. The highest BCUT2D eigenvalue weighted by molar-refractivity contribution is 5.94. The molecule has 1 aromatic heterocycles. The van der Waals surface area contributed by atoms with Crippen molar-refractivity contribution in [2.24, 2.45) is 5.92 Å². The van der Waals surface area contributed by atoms with Gasteiger partial charge in [-0.25, -0.2) is 0 Å². The molecule has 0 radical (unpaired) electrons. The Hall–Kier alpha value is -2.21. The molecule has 3 rings (SSSR count). The Labute approximate surface area is 155 Å². The molecular formula is C20H29N5O. The molecule has 0 saturated carbocycles. The molecule has 1 aliphatic rings. The Morgan fingerprint density at radius 3 is 2.62 bits per heavy atom. The van der Waals surface area contributed by atoms with E-state index < -0.39 is 0 Å². The van der Waals surface area contributed by atoms with Gasteiger partial charge >= 0.3 is 0 Å². The first-order valence-corrected chi connectivity index (χ1v) is 9.46. The number of hydrogen-bond acceptors (Lipinski definition) is 4. The van der Waals surface area contributed by atoms with Gasteiger partial charge in [0.15, 0.2) is 5.82 Å². The molecule has 0 fully saturated rings. The van der Waals surface area contributed by atoms with Crippen molar-refractivity contribution >= 4 is 5.91 Å². The highest BCUT2D eigenvalue weighted by atomic mass is 16.1. The number of nitrogens with zero attached hydrogens (tertiary/aromatic N) is 3. The molecule has 1 atom stereocenters. The van der Waals surface area contributed by atoms with Gasteiger partial charge in [0.2, 0.25) is 0 Å². The Morgan fingerprint density at radius 1 is 1.19 bits per heavy atom. The third-order valence-electron chi connectivity index (χ3n) is 4.70. The summed E-state index contributed by atoms with van der Waals surface area (Å²) in [6.07, 6.45) is 1.70. The van der Waals surface area contributed by atoms with Gasteiger partial charge in [0.05, 0.1) is 6.04 Å². The van der Waals surface area contributed by atoms with E-state index in [1.165, 1.54) is 0 Å². The second-order valence-corrected chi connectivity index (χ2v) is 7.66. The van der Waals surface area contributed by atoms with Crippen molar-refractivity contribution in [3.8, 4) is 0 Å². The van der Waals surface area contributed by atoms with E-state index >= 15 is 0 Å². The lowest BCUT2D eigenvalue weighted by Gasteiger charge is -2.21. The molecule has 0 aliphatic carbocycles. The normalized spacial score (nSPS) is 15.4. The first-order chi connectivity index (χ1) is 12.4. The van der Waals surface area contributed by atoms with E-state index in [0.717, 1.165) is 55.3 Å². The van der Waals surface area contributed by atoms with Gasteiger partial charge < -0.3 is 15.2 Å². The third-order valence-corrected chi connectivity index (χ3v) is 4.70. The summed E-state index contributed by atoms with van der Waals surface area (Å²) in [7, 11) is 0. The third kappa shape index (κ3) is 4.30. The quantitative estimate of drug-likeness (QED) is 0.865. The number of benzene rings is 1. The fourth-order valence-electron chi connectivity index (χ4n) is 3.60. The van der Waals surface area contributed by atoms with E-state index in [2.05, 4.69) is 45.3 Å². The number of nitrogens with one attached hydrogen (secondary N) is 2. The minimum atomic E-state index is -0.136. The molecule has 2 heterocycles. The van der Waals surface area contributed by atoms with Crippen molar-refractivity contribution in [1.82, 2.24) is 25.4 Å². The predicted molar refractivity (Wildman–Crippen MR) is 102 cm³/mol. The van der Waals surface area contributed by atoms with Crippen LogP contribution in [0.4, 0.5) is 0 Å². The summed E-state index contributed by atoms with van der Waals surface area (Å²) < 4.78 is 2.18. The van der Waals surface area contributed by atoms with Crippen LogP contribution in [-0.2, 0) is 13.0 Å². The Bertz CT molecular complexity index is 760. The maximum absolute atomic E-state index is 12.9. The first kappa shape index (κ1) is 18.6. The van der Waals surface area contributed by atoms with Crippen LogP contribution in [0, 0.1) is 19.8 Å². The van der Waals surface area contributed by atoms with E-state index in [1.54, 1.807) is 0 Å². The highest BCUT2D eigenvalue weighted by Crippen LogP contribution is 2.22. The van der Waals surface area contributed by atoms with Crippen LogP contribution < -0.4 is 10.6 Å². The zero-order valence-electron chi connectivity index (χ0n) is 16.2. The van der Waals surface area contributed by atoms with E-state index in [4.69, 9.17) is 0 Å². The van der Waals surface area contributed by atoms with Crippen molar-refractivity contribution in [2.75, 3.05) is 13.1 Å². The number of carbonyl (C=O) groups is 1. The summed E-state index contributed by atoms with van der Waals surface area (Å²) in [4.78, 5) is 12.9. The van der Waals surface area contributed by atoms with Gasteiger partial charge in [0.1, 0.15) is 5.82 Å². The molecular weight excluding hydrogens is 326 g/mol. The molecule has 26 heavy (non-hydrogen) atoms. The summed E-state index contributed by atoms with van der Waals surface area (Å²) in [6, 6.07) is 5.81. The molecule has 140 valence electrons. The van der Waals surface area contributed by atoms with Crippen molar-refractivity contribution in [1.29, 1.82) is 0 Å². The topological polar surface area (TPSA) is 71.8 Å². The van der Waals surface area contributed by atoms with Gasteiger partial charge in [-0.3, -0.25) is 4.79 Å². The Balaban J connectivity index is 1.87. The van der Waals surface area contributed by atoms with Gasteiger partial charge in [0, 0.05) is 31.6 Å². The van der Waals surface area contributed by atoms with Gasteiger partial charge in [0.25, 0.3) is 5.91 Å². The van der Waals surface area contributed by atoms with Gasteiger partial charge in [-0.05, 0) is 38.3 Å². The lowest BCUT2D eigenvalue weighted by atomic mass is 10.0. The fraction of sp³-hybridized carbons (Fsp3) is 0.550. The molecule has 6 nitrogen and oxygen atoms in total. The van der Waals surface area contributed by atoms with Gasteiger partial charge in [-0.1, -0.05) is 31.0 Å². The zero-order chi connectivity index (χ0) is 18.7. The van der Waals surface area contributed by atoms with Crippen molar-refractivity contribution in [3.05, 3.63) is 46.5 Å². The number of carbonyl (C=O) groups excluding carboxylic acids is 1. The van der Waals surface area contributed by atoms with Crippen molar-refractivity contribution in [2.45, 2.75) is 53.1 Å². The Kier molecular flexibility index (Phi) is 5.71. The molecule has 1 aliphatic heterocycles. The number of amides is 1. The standard InChI is InChI=1S/C20H29N5O/c1-13(2)9-17(19-24-23-18-5-6-21-7-8-25(18)19)22-20(26)16-11-14(3)10-15(4)12-16/h10-13,17,21H,5-9H2,1-4H3,(H,22,26)/t17-/m1/s1. The first-order valence-electron chi connectivity index (χ1n) is 9.46. The number of fused-ring (bicyclic) bond motifs is 1. The fourth-order valence-corrected chi connectivity index (χ4v) is 3.60. The lowest BCUT2D eigenvalue weighted by Crippen LogP contribution is -2.32. The largest absolute Gasteiger partial charge is 0.342 e. The van der Waals surface area contributed by atoms with Crippen LogP contribution in [0.2, 0.25) is 0 Å². The molecule has 2 N–H and O–H groups in total. The van der Waals surface area contributed by atoms with Crippen LogP contribution in [-0.4, -0.2) is 33.8 Å². The number of aromatic nitrogens is 3. The van der Waals surface area contributed by atoms with Gasteiger partial charge in [-0.2, -0.15) is 0 Å². The van der Waals surface area contributed by atoms with E-state index in [0.29, 0.717) is 11.5 Å². The lowest BCUT2D eigenvalue weighted by molar-refractivity contribution is 0.0928. The van der Waals surface area contributed by atoms with E-state index in [9.17, 15) is 4.79 Å². The summed E-state index contributed by atoms with van der Waals surface area (Å²) in [6.45, 7) is 11.0. The van der Waals surface area contributed by atoms with Crippen LogP contribution >= 0.6 is 0 Å². The second-order valence-electron chi connectivity index (χ2n) is 7.66. The average Bonchev–Trinajstić information content (AvgIpc) is 2.81. The minimum absolute atomic E-state index is 0.0495. The maximum atomic E-state index is 12.9. The van der Waals surface area contributed by atoms with Crippen molar-refractivity contribution < 1.29 is 4.79 Å². The molecule has 0 spiro atoms. The summed E-state index contributed by atoms with van der Waals surface area (Å²) in [5.74, 6) is 2.26. The predicted octanol–water partition coefficient (Wildman–Crippen LogP) is 2.56. The monoisotopic (exact) mass is 355 g/mol. The molecule has 6 heteroatoms. The smallest absolute Gasteiger partial charge is 0.251 e. The summed E-state index contributed by atoms with van der Waals surface area (Å²) >= 11 is 0.